The zero-order valence-corrected chi connectivity index (χ0v) is 14.0. The number of carbonyl (C=O) groups excluding carboxylic acids is 1. The second-order valence-corrected chi connectivity index (χ2v) is 5.77. The minimum Gasteiger partial charge on any atom is -0.489 e. The predicted molar refractivity (Wildman–Crippen MR) is 96.6 cm³/mol. The van der Waals surface area contributed by atoms with E-state index >= 15 is 0 Å². The molecule has 0 aliphatic carbocycles. The van der Waals surface area contributed by atoms with Gasteiger partial charge in [0.05, 0.1) is 5.69 Å². The van der Waals surface area contributed by atoms with Crippen LogP contribution in [-0.2, 0) is 6.61 Å². The van der Waals surface area contributed by atoms with Gasteiger partial charge in [-0.05, 0) is 36.4 Å². The van der Waals surface area contributed by atoms with E-state index in [4.69, 9.17) is 16.3 Å². The Kier molecular flexibility index (Phi) is 5.31. The van der Waals surface area contributed by atoms with Crippen LogP contribution >= 0.6 is 11.6 Å². The first kappa shape index (κ1) is 17.0. The van der Waals surface area contributed by atoms with Gasteiger partial charge in [0, 0.05) is 16.1 Å². The van der Waals surface area contributed by atoms with Crippen molar-refractivity contribution in [1.29, 1.82) is 0 Å². The highest BCUT2D eigenvalue weighted by Gasteiger charge is 2.13. The summed E-state index contributed by atoms with van der Waals surface area (Å²) in [5, 5.41) is 2.83. The third-order valence-electron chi connectivity index (χ3n) is 3.58. The molecule has 5 heteroatoms. The molecule has 3 rings (SSSR count). The van der Waals surface area contributed by atoms with Crippen molar-refractivity contribution in [1.82, 2.24) is 0 Å². The number of anilines is 1. The summed E-state index contributed by atoms with van der Waals surface area (Å²) >= 11 is 5.73. The Morgan fingerprint density at radius 2 is 1.72 bits per heavy atom. The molecule has 0 unspecified atom stereocenters. The fourth-order valence-corrected chi connectivity index (χ4v) is 2.48. The van der Waals surface area contributed by atoms with Gasteiger partial charge in [0.25, 0.3) is 5.91 Å². The van der Waals surface area contributed by atoms with Crippen LogP contribution < -0.4 is 10.1 Å². The lowest BCUT2D eigenvalue weighted by atomic mass is 10.1. The minimum atomic E-state index is -0.584. The molecule has 3 nitrogen and oxygen atoms in total. The zero-order valence-electron chi connectivity index (χ0n) is 13.2. The Balaban J connectivity index is 1.76. The van der Waals surface area contributed by atoms with Crippen molar-refractivity contribution in [2.75, 3.05) is 5.32 Å². The quantitative estimate of drug-likeness (QED) is 0.673. The lowest BCUT2D eigenvalue weighted by Crippen LogP contribution is -2.16. The second kappa shape index (κ2) is 7.81. The molecule has 0 saturated heterocycles. The van der Waals surface area contributed by atoms with Crippen LogP contribution in [0.4, 0.5) is 10.1 Å². The molecule has 0 saturated carbocycles. The number of ether oxygens (including phenoxy) is 1. The van der Waals surface area contributed by atoms with Crippen LogP contribution in [0.1, 0.15) is 15.9 Å². The van der Waals surface area contributed by atoms with E-state index in [0.29, 0.717) is 16.9 Å². The molecular formula is C20H15ClFNO2. The highest BCUT2D eigenvalue weighted by molar-refractivity contribution is 6.30. The molecule has 1 N–H and O–H groups in total. The topological polar surface area (TPSA) is 38.3 Å². The fraction of sp³-hybridized carbons (Fsp3) is 0.0500. The largest absolute Gasteiger partial charge is 0.489 e. The van der Waals surface area contributed by atoms with Gasteiger partial charge in [-0.1, -0.05) is 48.0 Å². The van der Waals surface area contributed by atoms with Gasteiger partial charge >= 0.3 is 0 Å². The van der Waals surface area contributed by atoms with Crippen molar-refractivity contribution in [2.24, 2.45) is 0 Å². The summed E-state index contributed by atoms with van der Waals surface area (Å²) in [4.78, 5) is 12.5. The first-order valence-corrected chi connectivity index (χ1v) is 8.03. The Bertz CT molecular complexity index is 884. The van der Waals surface area contributed by atoms with E-state index in [1.54, 1.807) is 18.2 Å². The molecule has 3 aromatic carbocycles. The highest BCUT2D eigenvalue weighted by Crippen LogP contribution is 2.21. The SMILES string of the molecule is O=C(Nc1ccc(Cl)cc1F)c1ccccc1COc1ccccc1. The summed E-state index contributed by atoms with van der Waals surface area (Å²) in [7, 11) is 0. The molecule has 3 aromatic rings. The van der Waals surface area contributed by atoms with Crippen molar-refractivity contribution in [3.63, 3.8) is 0 Å². The van der Waals surface area contributed by atoms with Crippen LogP contribution in [0, 0.1) is 5.82 Å². The van der Waals surface area contributed by atoms with E-state index in [1.165, 1.54) is 12.1 Å². The first-order chi connectivity index (χ1) is 12.1. The molecule has 0 radical (unpaired) electrons. The van der Waals surface area contributed by atoms with Gasteiger partial charge < -0.3 is 10.1 Å². The third-order valence-corrected chi connectivity index (χ3v) is 3.81. The number of para-hydroxylation sites is 1. The third kappa shape index (κ3) is 4.37. The maximum atomic E-state index is 13.9. The number of nitrogens with one attached hydrogen (secondary N) is 1. The predicted octanol–water partition coefficient (Wildman–Crippen LogP) is 5.31. The van der Waals surface area contributed by atoms with Gasteiger partial charge in [0.15, 0.2) is 0 Å². The maximum Gasteiger partial charge on any atom is 0.256 e. The monoisotopic (exact) mass is 355 g/mol. The smallest absolute Gasteiger partial charge is 0.256 e. The summed E-state index contributed by atoms with van der Waals surface area (Å²) in [6, 6.07) is 20.5. The summed E-state index contributed by atoms with van der Waals surface area (Å²) in [6.07, 6.45) is 0. The summed E-state index contributed by atoms with van der Waals surface area (Å²) in [6.45, 7) is 0.233. The maximum absolute atomic E-state index is 13.9. The molecule has 0 heterocycles. The standard InChI is InChI=1S/C20H15ClFNO2/c21-15-10-11-19(18(22)12-15)23-20(24)17-9-5-4-6-14(17)13-25-16-7-2-1-3-8-16/h1-12H,13H2,(H,23,24). The van der Waals surface area contributed by atoms with Crippen LogP contribution in [0.2, 0.25) is 5.02 Å². The molecule has 0 aliphatic rings. The van der Waals surface area contributed by atoms with Crippen molar-refractivity contribution < 1.29 is 13.9 Å². The van der Waals surface area contributed by atoms with Crippen LogP contribution in [0.3, 0.4) is 0 Å². The first-order valence-electron chi connectivity index (χ1n) is 7.65. The van der Waals surface area contributed by atoms with Crippen molar-refractivity contribution in [3.05, 3.63) is 94.8 Å². The highest BCUT2D eigenvalue weighted by atomic mass is 35.5. The molecule has 0 aromatic heterocycles. The minimum absolute atomic E-state index is 0.0770. The summed E-state index contributed by atoms with van der Waals surface area (Å²) in [5.74, 6) is -0.284. The number of amides is 1. The molecule has 0 aliphatic heterocycles. The number of hydrogen-bond donors (Lipinski definition) is 1. The molecule has 25 heavy (non-hydrogen) atoms. The van der Waals surface area contributed by atoms with Gasteiger partial charge in [-0.25, -0.2) is 4.39 Å². The van der Waals surface area contributed by atoms with Gasteiger partial charge in [0.1, 0.15) is 18.2 Å². The zero-order chi connectivity index (χ0) is 17.6. The van der Waals surface area contributed by atoms with Crippen LogP contribution in [0.5, 0.6) is 5.75 Å². The number of rotatable bonds is 5. The fourth-order valence-electron chi connectivity index (χ4n) is 2.33. The molecule has 126 valence electrons. The average molecular weight is 356 g/mol. The average Bonchev–Trinajstić information content (AvgIpc) is 2.63. The second-order valence-electron chi connectivity index (χ2n) is 5.34. The van der Waals surface area contributed by atoms with Gasteiger partial charge in [-0.3, -0.25) is 4.79 Å². The Morgan fingerprint density at radius 1 is 1.00 bits per heavy atom. The molecule has 0 spiro atoms. The molecule has 1 amide bonds. The van der Waals surface area contributed by atoms with E-state index < -0.39 is 11.7 Å². The van der Waals surface area contributed by atoms with Gasteiger partial charge in [0.2, 0.25) is 0 Å². The normalized spacial score (nSPS) is 10.3. The number of carbonyl (C=O) groups is 1. The number of halogens is 2. The number of hydrogen-bond acceptors (Lipinski definition) is 2. The Labute approximate surface area is 150 Å². The lowest BCUT2D eigenvalue weighted by molar-refractivity contribution is 0.102. The van der Waals surface area contributed by atoms with E-state index in [9.17, 15) is 9.18 Å². The lowest BCUT2D eigenvalue weighted by Gasteiger charge is -2.12. The van der Waals surface area contributed by atoms with E-state index in [2.05, 4.69) is 5.32 Å². The number of benzene rings is 3. The summed E-state index contributed by atoms with van der Waals surface area (Å²) in [5.41, 5.74) is 1.21. The Morgan fingerprint density at radius 3 is 2.48 bits per heavy atom. The van der Waals surface area contributed by atoms with E-state index in [-0.39, 0.29) is 17.3 Å². The van der Waals surface area contributed by atoms with E-state index in [0.717, 1.165) is 6.07 Å². The van der Waals surface area contributed by atoms with Crippen molar-refractivity contribution in [3.8, 4) is 5.75 Å². The molecular weight excluding hydrogens is 341 g/mol. The van der Waals surface area contributed by atoms with Gasteiger partial charge in [-0.2, -0.15) is 0 Å². The van der Waals surface area contributed by atoms with Gasteiger partial charge in [-0.15, -0.1) is 0 Å². The Hall–Kier alpha value is -2.85. The van der Waals surface area contributed by atoms with Crippen molar-refractivity contribution in [2.45, 2.75) is 6.61 Å². The molecule has 0 atom stereocenters. The van der Waals surface area contributed by atoms with E-state index in [1.807, 2.05) is 36.4 Å². The van der Waals surface area contributed by atoms with Crippen LogP contribution in [0.25, 0.3) is 0 Å². The van der Waals surface area contributed by atoms with Crippen LogP contribution in [0.15, 0.2) is 72.8 Å². The van der Waals surface area contributed by atoms with Crippen molar-refractivity contribution >= 4 is 23.2 Å². The molecule has 0 fully saturated rings. The summed E-state index contributed by atoms with van der Waals surface area (Å²) < 4.78 is 19.6. The van der Waals surface area contributed by atoms with Crippen LogP contribution in [-0.4, -0.2) is 5.91 Å². The molecule has 0 bridgehead atoms.